The Hall–Kier alpha value is -3.16. The molecule has 1 atom stereocenters. The second kappa shape index (κ2) is 9.37. The molecule has 33 heavy (non-hydrogen) atoms. The second-order valence-corrected chi connectivity index (χ2v) is 8.97. The number of hydrogen-bond donors (Lipinski definition) is 1. The van der Waals surface area contributed by atoms with Gasteiger partial charge in [0.15, 0.2) is 0 Å². The zero-order valence-corrected chi connectivity index (χ0v) is 20.7. The van der Waals surface area contributed by atoms with Crippen molar-refractivity contribution in [2.24, 2.45) is 0 Å². The van der Waals surface area contributed by atoms with Gasteiger partial charge in [-0.2, -0.15) is 0 Å². The van der Waals surface area contributed by atoms with E-state index in [1.807, 2.05) is 44.2 Å². The summed E-state index contributed by atoms with van der Waals surface area (Å²) in [5.41, 5.74) is 2.39. The van der Waals surface area contributed by atoms with Crippen LogP contribution in [-0.4, -0.2) is 27.5 Å². The minimum atomic E-state index is -0.525. The lowest BCUT2D eigenvalue weighted by Gasteiger charge is -2.27. The van der Waals surface area contributed by atoms with Crippen LogP contribution in [0.5, 0.6) is 0 Å². The standard InChI is InChI=1S/C25H22BrClN4O2/c1-15-19(27)11-8-14-22(15)31-23(28-20-12-6-4-9-17(20)24(31)32)16(2)30(3)25(33)29-21-13-7-5-10-18(21)26/h4-14,16H,1-3H3,(H,29,33). The number of nitrogens with zero attached hydrogens (tertiary/aromatic N) is 3. The van der Waals surface area contributed by atoms with Gasteiger partial charge in [0.05, 0.1) is 28.3 Å². The van der Waals surface area contributed by atoms with Crippen LogP contribution in [0.25, 0.3) is 16.6 Å². The first-order chi connectivity index (χ1) is 15.8. The van der Waals surface area contributed by atoms with E-state index >= 15 is 0 Å². The monoisotopic (exact) mass is 524 g/mol. The molecule has 0 spiro atoms. The zero-order chi connectivity index (χ0) is 23.7. The largest absolute Gasteiger partial charge is 0.322 e. The second-order valence-electron chi connectivity index (χ2n) is 7.71. The number of nitrogens with one attached hydrogen (secondary N) is 1. The predicted octanol–water partition coefficient (Wildman–Crippen LogP) is 6.33. The summed E-state index contributed by atoms with van der Waals surface area (Å²) in [5, 5.41) is 3.94. The highest BCUT2D eigenvalue weighted by Gasteiger charge is 2.25. The summed E-state index contributed by atoms with van der Waals surface area (Å²) in [5.74, 6) is 0.439. The summed E-state index contributed by atoms with van der Waals surface area (Å²) in [6, 6.07) is 19.1. The Kier molecular flexibility index (Phi) is 6.54. The van der Waals surface area contributed by atoms with E-state index in [0.29, 0.717) is 33.1 Å². The Morgan fingerprint density at radius 1 is 1.09 bits per heavy atom. The van der Waals surface area contributed by atoms with Crippen molar-refractivity contribution in [3.05, 3.63) is 98.0 Å². The highest BCUT2D eigenvalue weighted by Crippen LogP contribution is 2.27. The average Bonchev–Trinajstić information content (AvgIpc) is 2.81. The smallest absolute Gasteiger partial charge is 0.318 e. The Morgan fingerprint density at radius 2 is 1.79 bits per heavy atom. The van der Waals surface area contributed by atoms with Gasteiger partial charge in [-0.3, -0.25) is 9.36 Å². The van der Waals surface area contributed by atoms with Crippen molar-refractivity contribution < 1.29 is 4.79 Å². The van der Waals surface area contributed by atoms with Gasteiger partial charge < -0.3 is 10.2 Å². The molecule has 8 heteroatoms. The van der Waals surface area contributed by atoms with Gasteiger partial charge >= 0.3 is 6.03 Å². The molecule has 0 aliphatic carbocycles. The van der Waals surface area contributed by atoms with Crippen molar-refractivity contribution in [1.82, 2.24) is 14.5 Å². The van der Waals surface area contributed by atoms with Crippen LogP contribution in [0.4, 0.5) is 10.5 Å². The first-order valence-electron chi connectivity index (χ1n) is 10.3. The van der Waals surface area contributed by atoms with Crippen LogP contribution in [0.2, 0.25) is 5.02 Å². The van der Waals surface area contributed by atoms with Crippen LogP contribution in [0.15, 0.2) is 76.0 Å². The third-order valence-corrected chi connectivity index (χ3v) is 6.77. The molecule has 0 fully saturated rings. The molecule has 1 heterocycles. The SMILES string of the molecule is Cc1c(Cl)cccc1-n1c(C(C)N(C)C(=O)Nc2ccccc2Br)nc2ccccc2c1=O. The molecule has 168 valence electrons. The molecular formula is C25H22BrClN4O2. The van der Waals surface area contributed by atoms with Gasteiger partial charge in [0, 0.05) is 16.5 Å². The quantitative estimate of drug-likeness (QED) is 0.338. The Morgan fingerprint density at radius 3 is 2.55 bits per heavy atom. The zero-order valence-electron chi connectivity index (χ0n) is 18.3. The molecule has 0 saturated heterocycles. The maximum atomic E-state index is 13.6. The lowest BCUT2D eigenvalue weighted by molar-refractivity contribution is 0.205. The molecule has 4 rings (SSSR count). The summed E-state index contributed by atoms with van der Waals surface area (Å²) in [6.07, 6.45) is 0. The fraction of sp³-hybridized carbons (Fsp3) is 0.160. The summed E-state index contributed by atoms with van der Waals surface area (Å²) in [4.78, 5) is 33.0. The first-order valence-corrected chi connectivity index (χ1v) is 11.5. The molecule has 0 aliphatic rings. The highest BCUT2D eigenvalue weighted by atomic mass is 79.9. The molecule has 0 saturated carbocycles. The number of carbonyl (C=O) groups is 1. The molecule has 1 unspecified atom stereocenters. The molecule has 2 amide bonds. The third kappa shape index (κ3) is 4.38. The van der Waals surface area contributed by atoms with Crippen LogP contribution in [-0.2, 0) is 0 Å². The molecule has 3 aromatic carbocycles. The van der Waals surface area contributed by atoms with Crippen LogP contribution in [0.1, 0.15) is 24.4 Å². The van der Waals surface area contributed by atoms with E-state index in [0.717, 1.165) is 10.0 Å². The van der Waals surface area contributed by atoms with E-state index in [2.05, 4.69) is 21.2 Å². The van der Waals surface area contributed by atoms with Crippen molar-refractivity contribution in [1.29, 1.82) is 0 Å². The molecular weight excluding hydrogens is 504 g/mol. The number of benzene rings is 3. The van der Waals surface area contributed by atoms with E-state index < -0.39 is 6.04 Å². The number of hydrogen-bond acceptors (Lipinski definition) is 3. The van der Waals surface area contributed by atoms with Crippen molar-refractivity contribution in [2.45, 2.75) is 19.9 Å². The normalized spacial score (nSPS) is 11.9. The van der Waals surface area contributed by atoms with Gasteiger partial charge in [-0.1, -0.05) is 41.9 Å². The van der Waals surface area contributed by atoms with Crippen LogP contribution >= 0.6 is 27.5 Å². The number of anilines is 1. The number of halogens is 2. The summed E-state index contributed by atoms with van der Waals surface area (Å²) in [6.45, 7) is 3.70. The van der Waals surface area contributed by atoms with Crippen LogP contribution < -0.4 is 10.9 Å². The van der Waals surface area contributed by atoms with Gasteiger partial charge in [-0.15, -0.1) is 0 Å². The highest BCUT2D eigenvalue weighted by molar-refractivity contribution is 9.10. The minimum absolute atomic E-state index is 0.215. The maximum absolute atomic E-state index is 13.6. The minimum Gasteiger partial charge on any atom is -0.318 e. The number of para-hydroxylation sites is 2. The number of amides is 2. The predicted molar refractivity (Wildman–Crippen MR) is 136 cm³/mol. The molecule has 0 aliphatic heterocycles. The van der Waals surface area contributed by atoms with Gasteiger partial charge in [0.25, 0.3) is 5.56 Å². The van der Waals surface area contributed by atoms with Gasteiger partial charge in [-0.05, 0) is 71.7 Å². The lowest BCUT2D eigenvalue weighted by atomic mass is 10.1. The summed E-state index contributed by atoms with van der Waals surface area (Å²) in [7, 11) is 1.67. The van der Waals surface area contributed by atoms with Crippen LogP contribution in [0.3, 0.4) is 0 Å². The van der Waals surface area contributed by atoms with Crippen molar-refractivity contribution in [3.63, 3.8) is 0 Å². The van der Waals surface area contributed by atoms with Crippen LogP contribution in [0, 0.1) is 6.92 Å². The van der Waals surface area contributed by atoms with Gasteiger partial charge in [0.2, 0.25) is 0 Å². The third-order valence-electron chi connectivity index (χ3n) is 5.67. The number of rotatable bonds is 4. The molecule has 4 aromatic rings. The molecule has 0 bridgehead atoms. The number of aromatic nitrogens is 2. The summed E-state index contributed by atoms with van der Waals surface area (Å²) < 4.78 is 2.32. The topological polar surface area (TPSA) is 67.2 Å². The Balaban J connectivity index is 1.84. The van der Waals surface area contributed by atoms with E-state index in [1.165, 1.54) is 4.90 Å². The van der Waals surface area contributed by atoms with Crippen molar-refractivity contribution in [2.75, 3.05) is 12.4 Å². The van der Waals surface area contributed by atoms with Crippen molar-refractivity contribution in [3.8, 4) is 5.69 Å². The number of fused-ring (bicyclic) bond motifs is 1. The number of urea groups is 1. The molecule has 6 nitrogen and oxygen atoms in total. The summed E-state index contributed by atoms with van der Waals surface area (Å²) >= 11 is 9.82. The fourth-order valence-electron chi connectivity index (χ4n) is 3.62. The molecule has 1 N–H and O–H groups in total. The fourth-order valence-corrected chi connectivity index (χ4v) is 4.17. The molecule has 0 radical (unpaired) electrons. The van der Waals surface area contributed by atoms with Gasteiger partial charge in [0.1, 0.15) is 5.82 Å². The van der Waals surface area contributed by atoms with Gasteiger partial charge in [-0.25, -0.2) is 9.78 Å². The van der Waals surface area contributed by atoms with E-state index in [1.54, 1.807) is 48.0 Å². The average molecular weight is 526 g/mol. The lowest BCUT2D eigenvalue weighted by Crippen LogP contribution is -2.37. The Labute approximate surface area is 205 Å². The van der Waals surface area contributed by atoms with E-state index in [9.17, 15) is 9.59 Å². The van der Waals surface area contributed by atoms with E-state index in [4.69, 9.17) is 16.6 Å². The molecule has 1 aromatic heterocycles. The van der Waals surface area contributed by atoms with E-state index in [-0.39, 0.29) is 11.6 Å². The first kappa shape index (κ1) is 23.0. The van der Waals surface area contributed by atoms with Crippen molar-refractivity contribution >= 4 is 50.2 Å². The maximum Gasteiger partial charge on any atom is 0.322 e. The number of carbonyl (C=O) groups excluding carboxylic acids is 1. The Bertz CT molecular complexity index is 1420.